The van der Waals surface area contributed by atoms with Crippen LogP contribution in [0, 0.1) is 0 Å². The molecule has 0 spiro atoms. The highest BCUT2D eigenvalue weighted by molar-refractivity contribution is 5.92. The maximum absolute atomic E-state index is 12.2. The zero-order valence-corrected chi connectivity index (χ0v) is 14.6. The van der Waals surface area contributed by atoms with Crippen LogP contribution in [0.25, 0.3) is 0 Å². The van der Waals surface area contributed by atoms with E-state index in [-0.39, 0.29) is 5.91 Å². The van der Waals surface area contributed by atoms with Crippen LogP contribution in [0.15, 0.2) is 72.9 Å². The Labute approximate surface area is 153 Å². The Bertz CT molecular complexity index is 849. The fourth-order valence-electron chi connectivity index (χ4n) is 2.56. The third-order valence-corrected chi connectivity index (χ3v) is 3.92. The Morgan fingerprint density at radius 3 is 2.50 bits per heavy atom. The summed E-state index contributed by atoms with van der Waals surface area (Å²) >= 11 is 0. The van der Waals surface area contributed by atoms with Crippen molar-refractivity contribution in [2.45, 2.75) is 6.42 Å². The van der Waals surface area contributed by atoms with Crippen molar-refractivity contribution < 1.29 is 9.53 Å². The van der Waals surface area contributed by atoms with Gasteiger partial charge in [-0.15, -0.1) is 0 Å². The minimum Gasteiger partial charge on any atom is -0.495 e. The lowest BCUT2D eigenvalue weighted by Gasteiger charge is -2.11. The van der Waals surface area contributed by atoms with E-state index in [1.165, 1.54) is 5.56 Å². The molecule has 0 unspecified atom stereocenters. The number of para-hydroxylation sites is 2. The highest BCUT2D eigenvalue weighted by atomic mass is 16.5. The zero-order chi connectivity index (χ0) is 18.2. The number of nitrogens with zero attached hydrogens (tertiary/aromatic N) is 1. The molecule has 0 bridgehead atoms. The number of methoxy groups -OCH3 is 1. The Kier molecular flexibility index (Phi) is 5.83. The summed E-state index contributed by atoms with van der Waals surface area (Å²) in [6.07, 6.45) is 2.43. The second kappa shape index (κ2) is 8.67. The fourth-order valence-corrected chi connectivity index (χ4v) is 2.56. The van der Waals surface area contributed by atoms with Gasteiger partial charge in [-0.1, -0.05) is 42.5 Å². The van der Waals surface area contributed by atoms with E-state index in [0.29, 0.717) is 12.2 Å². The van der Waals surface area contributed by atoms with Gasteiger partial charge in [0.1, 0.15) is 11.4 Å². The predicted octanol–water partition coefficient (Wildman–Crippen LogP) is 3.81. The molecule has 132 valence electrons. The fraction of sp³-hybridized carbons (Fsp3) is 0.143. The standard InChI is InChI=1S/C21H21N3O2/c1-26-20-10-6-5-9-18(20)24-17-11-12-19(23-15-17)21(25)22-14-13-16-7-3-2-4-8-16/h2-12,15,24H,13-14H2,1H3,(H,22,25). The molecule has 0 saturated heterocycles. The second-order valence-electron chi connectivity index (χ2n) is 5.75. The van der Waals surface area contributed by atoms with Crippen LogP contribution in [0.1, 0.15) is 16.1 Å². The summed E-state index contributed by atoms with van der Waals surface area (Å²) in [7, 11) is 1.63. The molecule has 5 nitrogen and oxygen atoms in total. The second-order valence-corrected chi connectivity index (χ2v) is 5.75. The number of carbonyl (C=O) groups excluding carboxylic acids is 1. The molecule has 0 aliphatic rings. The van der Waals surface area contributed by atoms with E-state index in [4.69, 9.17) is 4.74 Å². The molecule has 0 atom stereocenters. The van der Waals surface area contributed by atoms with Crippen molar-refractivity contribution in [1.82, 2.24) is 10.3 Å². The average Bonchev–Trinajstić information content (AvgIpc) is 2.70. The van der Waals surface area contributed by atoms with Gasteiger partial charge >= 0.3 is 0 Å². The summed E-state index contributed by atoms with van der Waals surface area (Å²) in [4.78, 5) is 16.4. The van der Waals surface area contributed by atoms with E-state index in [1.54, 1.807) is 19.4 Å². The minimum absolute atomic E-state index is 0.176. The van der Waals surface area contributed by atoms with Crippen LogP contribution in [0.4, 0.5) is 11.4 Å². The minimum atomic E-state index is -0.176. The number of carbonyl (C=O) groups is 1. The van der Waals surface area contributed by atoms with Crippen LogP contribution in [0.5, 0.6) is 5.75 Å². The quantitative estimate of drug-likeness (QED) is 0.682. The number of hydrogen-bond donors (Lipinski definition) is 2. The number of benzene rings is 2. The number of ether oxygens (including phenoxy) is 1. The number of anilines is 2. The molecule has 2 N–H and O–H groups in total. The molecular formula is C21H21N3O2. The number of hydrogen-bond acceptors (Lipinski definition) is 4. The van der Waals surface area contributed by atoms with Gasteiger partial charge < -0.3 is 15.4 Å². The zero-order valence-electron chi connectivity index (χ0n) is 14.6. The van der Waals surface area contributed by atoms with Crippen molar-refractivity contribution >= 4 is 17.3 Å². The predicted molar refractivity (Wildman–Crippen MR) is 103 cm³/mol. The van der Waals surface area contributed by atoms with Crippen LogP contribution in [0.3, 0.4) is 0 Å². The Morgan fingerprint density at radius 1 is 1.00 bits per heavy atom. The van der Waals surface area contributed by atoms with Crippen LogP contribution in [-0.4, -0.2) is 24.5 Å². The number of nitrogens with one attached hydrogen (secondary N) is 2. The molecule has 2 aromatic carbocycles. The van der Waals surface area contributed by atoms with Gasteiger partial charge in [0.15, 0.2) is 0 Å². The lowest BCUT2D eigenvalue weighted by atomic mass is 10.1. The van der Waals surface area contributed by atoms with Crippen molar-refractivity contribution in [1.29, 1.82) is 0 Å². The van der Waals surface area contributed by atoms with Crippen molar-refractivity contribution in [3.8, 4) is 5.75 Å². The Hall–Kier alpha value is -3.34. The molecule has 3 rings (SSSR count). The van der Waals surface area contributed by atoms with Crippen LogP contribution in [0.2, 0.25) is 0 Å². The first-order chi connectivity index (χ1) is 12.8. The molecule has 0 aliphatic heterocycles. The SMILES string of the molecule is COc1ccccc1Nc1ccc(C(=O)NCCc2ccccc2)nc1. The monoisotopic (exact) mass is 347 g/mol. The van der Waals surface area contributed by atoms with E-state index in [2.05, 4.69) is 15.6 Å². The van der Waals surface area contributed by atoms with Crippen LogP contribution >= 0.6 is 0 Å². The Balaban J connectivity index is 1.56. The van der Waals surface area contributed by atoms with Gasteiger partial charge in [0.25, 0.3) is 5.91 Å². The summed E-state index contributed by atoms with van der Waals surface area (Å²) < 4.78 is 5.31. The summed E-state index contributed by atoms with van der Waals surface area (Å²) in [5, 5.41) is 6.13. The van der Waals surface area contributed by atoms with Crippen LogP contribution < -0.4 is 15.4 Å². The first-order valence-corrected chi connectivity index (χ1v) is 8.44. The van der Waals surface area contributed by atoms with Gasteiger partial charge in [-0.3, -0.25) is 4.79 Å². The molecule has 0 saturated carbocycles. The van der Waals surface area contributed by atoms with Gasteiger partial charge in [0, 0.05) is 6.54 Å². The van der Waals surface area contributed by atoms with E-state index in [1.807, 2.05) is 60.7 Å². The average molecular weight is 347 g/mol. The molecule has 1 aromatic heterocycles. The smallest absolute Gasteiger partial charge is 0.269 e. The summed E-state index contributed by atoms with van der Waals surface area (Å²) in [5.74, 6) is 0.569. The highest BCUT2D eigenvalue weighted by Gasteiger charge is 2.07. The topological polar surface area (TPSA) is 63.2 Å². The van der Waals surface area contributed by atoms with E-state index in [0.717, 1.165) is 23.5 Å². The van der Waals surface area contributed by atoms with E-state index >= 15 is 0 Å². The molecule has 3 aromatic rings. The first kappa shape index (κ1) is 17.5. The van der Waals surface area contributed by atoms with Gasteiger partial charge in [0.2, 0.25) is 0 Å². The largest absolute Gasteiger partial charge is 0.495 e. The van der Waals surface area contributed by atoms with Gasteiger partial charge in [0.05, 0.1) is 24.7 Å². The van der Waals surface area contributed by atoms with Crippen molar-refractivity contribution in [2.75, 3.05) is 19.0 Å². The third kappa shape index (κ3) is 4.60. The number of pyridine rings is 1. The molecular weight excluding hydrogens is 326 g/mol. The molecule has 26 heavy (non-hydrogen) atoms. The van der Waals surface area contributed by atoms with Gasteiger partial charge in [-0.25, -0.2) is 4.98 Å². The van der Waals surface area contributed by atoms with Crippen molar-refractivity contribution in [3.05, 3.63) is 84.2 Å². The van der Waals surface area contributed by atoms with Gasteiger partial charge in [-0.05, 0) is 36.2 Å². The number of aromatic nitrogens is 1. The van der Waals surface area contributed by atoms with E-state index < -0.39 is 0 Å². The summed E-state index contributed by atoms with van der Waals surface area (Å²) in [6.45, 7) is 0.575. The first-order valence-electron chi connectivity index (χ1n) is 8.44. The van der Waals surface area contributed by atoms with Crippen molar-refractivity contribution in [2.24, 2.45) is 0 Å². The van der Waals surface area contributed by atoms with Crippen LogP contribution in [-0.2, 0) is 6.42 Å². The molecule has 0 radical (unpaired) electrons. The van der Waals surface area contributed by atoms with Gasteiger partial charge in [-0.2, -0.15) is 0 Å². The van der Waals surface area contributed by atoms with Crippen molar-refractivity contribution in [3.63, 3.8) is 0 Å². The molecule has 1 heterocycles. The number of amides is 1. The van der Waals surface area contributed by atoms with E-state index in [9.17, 15) is 4.79 Å². The summed E-state index contributed by atoms with van der Waals surface area (Å²) in [6, 6.07) is 21.2. The highest BCUT2D eigenvalue weighted by Crippen LogP contribution is 2.26. The normalized spacial score (nSPS) is 10.2. The number of rotatable bonds is 7. The molecule has 0 aliphatic carbocycles. The third-order valence-electron chi connectivity index (χ3n) is 3.92. The lowest BCUT2D eigenvalue weighted by Crippen LogP contribution is -2.26. The Morgan fingerprint density at radius 2 is 1.77 bits per heavy atom. The summed E-state index contributed by atoms with van der Waals surface area (Å²) in [5.41, 5.74) is 3.22. The molecule has 0 fully saturated rings. The maximum atomic E-state index is 12.2. The molecule has 5 heteroatoms. The molecule has 1 amide bonds. The lowest BCUT2D eigenvalue weighted by molar-refractivity contribution is 0.0949. The maximum Gasteiger partial charge on any atom is 0.269 e.